The van der Waals surface area contributed by atoms with Crippen molar-refractivity contribution in [2.75, 3.05) is 18.2 Å². The molecule has 6 heteroatoms. The molecule has 0 saturated heterocycles. The Morgan fingerprint density at radius 3 is 2.45 bits per heavy atom. The number of ketones is 2. The maximum Gasteiger partial charge on any atom is 0.224 e. The van der Waals surface area contributed by atoms with Gasteiger partial charge in [-0.15, -0.1) is 0 Å². The van der Waals surface area contributed by atoms with Gasteiger partial charge in [-0.3, -0.25) is 20.1 Å². The normalized spacial score (nSPS) is 13.8. The molecule has 1 aliphatic carbocycles. The van der Waals surface area contributed by atoms with Gasteiger partial charge in [0.25, 0.3) is 0 Å². The van der Waals surface area contributed by atoms with Crippen LogP contribution in [-0.4, -0.2) is 30.7 Å². The summed E-state index contributed by atoms with van der Waals surface area (Å²) in [4.78, 5) is 36.4. The largest absolute Gasteiger partial charge is 0.479 e. The molecule has 0 aromatic heterocycles. The van der Waals surface area contributed by atoms with E-state index < -0.39 is 0 Å². The number of nitrogens with two attached hydrogens (primary N) is 1. The molecule has 0 saturated carbocycles. The molecule has 0 bridgehead atoms. The van der Waals surface area contributed by atoms with Crippen LogP contribution < -0.4 is 15.4 Å². The lowest BCUT2D eigenvalue weighted by Crippen LogP contribution is -2.32. The highest BCUT2D eigenvalue weighted by atomic mass is 16.5. The Labute approximate surface area is 127 Å². The number of hydrogen-bond acceptors (Lipinski definition) is 5. The molecular weight excluding hydrogens is 284 g/mol. The number of anilines is 1. The second kappa shape index (κ2) is 6.82. The van der Waals surface area contributed by atoms with Crippen molar-refractivity contribution in [3.05, 3.63) is 48.1 Å². The van der Waals surface area contributed by atoms with Gasteiger partial charge in [-0.1, -0.05) is 0 Å². The van der Waals surface area contributed by atoms with Gasteiger partial charge in [0.15, 0.2) is 11.6 Å². The third-order valence-corrected chi connectivity index (χ3v) is 3.14. The van der Waals surface area contributed by atoms with Gasteiger partial charge in [0.1, 0.15) is 12.5 Å². The van der Waals surface area contributed by atoms with Crippen LogP contribution in [0.1, 0.15) is 6.92 Å². The Hall–Kier alpha value is -2.73. The highest BCUT2D eigenvalue weighted by molar-refractivity contribution is 6.18. The highest BCUT2D eigenvalue weighted by Crippen LogP contribution is 2.21. The van der Waals surface area contributed by atoms with Gasteiger partial charge in [0.2, 0.25) is 5.91 Å². The summed E-state index contributed by atoms with van der Waals surface area (Å²) in [5.74, 6) is -0.178. The molecule has 0 fully saturated rings. The average molecular weight is 300 g/mol. The van der Waals surface area contributed by atoms with Crippen LogP contribution in [0.5, 0.6) is 5.75 Å². The molecule has 0 spiro atoms. The van der Waals surface area contributed by atoms with E-state index >= 15 is 0 Å². The predicted octanol–water partition coefficient (Wildman–Crippen LogP) is 0.969. The van der Waals surface area contributed by atoms with Gasteiger partial charge in [-0.2, -0.15) is 0 Å². The van der Waals surface area contributed by atoms with Crippen LogP contribution in [0.2, 0.25) is 0 Å². The topological polar surface area (TPSA) is 89.7 Å². The molecule has 1 aliphatic rings. The Morgan fingerprint density at radius 1 is 1.18 bits per heavy atom. The molecule has 22 heavy (non-hydrogen) atoms. The van der Waals surface area contributed by atoms with Crippen molar-refractivity contribution in [3.8, 4) is 5.75 Å². The van der Waals surface area contributed by atoms with Crippen molar-refractivity contribution in [3.63, 3.8) is 0 Å². The van der Waals surface area contributed by atoms with E-state index in [1.54, 1.807) is 24.3 Å². The van der Waals surface area contributed by atoms with Crippen LogP contribution in [0.15, 0.2) is 48.1 Å². The van der Waals surface area contributed by atoms with Crippen LogP contribution in [-0.2, 0) is 14.4 Å². The summed E-state index contributed by atoms with van der Waals surface area (Å²) in [6.07, 6.45) is 3.68. The molecule has 0 heterocycles. The van der Waals surface area contributed by atoms with Crippen molar-refractivity contribution in [2.45, 2.75) is 6.92 Å². The molecule has 0 atom stereocenters. The summed E-state index contributed by atoms with van der Waals surface area (Å²) in [7, 11) is 0. The van der Waals surface area contributed by atoms with Crippen LogP contribution in [0.4, 0.5) is 5.69 Å². The first-order valence-corrected chi connectivity index (χ1v) is 6.69. The van der Waals surface area contributed by atoms with E-state index in [1.165, 1.54) is 30.1 Å². The summed E-state index contributed by atoms with van der Waals surface area (Å²) in [6.45, 7) is 1.50. The molecule has 0 unspecified atom stereocenters. The van der Waals surface area contributed by atoms with E-state index in [1.807, 2.05) is 0 Å². The summed E-state index contributed by atoms with van der Waals surface area (Å²) in [6, 6.07) is 6.75. The predicted molar refractivity (Wildman–Crippen MR) is 81.4 cm³/mol. The number of allylic oxidation sites excluding steroid dienone is 3. The fraction of sp³-hybridized carbons (Fsp3) is 0.188. The van der Waals surface area contributed by atoms with Crippen LogP contribution in [0.3, 0.4) is 0 Å². The van der Waals surface area contributed by atoms with Crippen molar-refractivity contribution in [1.29, 1.82) is 0 Å². The number of amides is 1. The summed E-state index contributed by atoms with van der Waals surface area (Å²) < 4.78 is 5.14. The minimum atomic E-state index is -0.270. The lowest BCUT2D eigenvalue weighted by molar-refractivity contribution is -0.116. The lowest BCUT2D eigenvalue weighted by atomic mass is 10.0. The molecule has 2 rings (SSSR count). The van der Waals surface area contributed by atoms with E-state index in [-0.39, 0.29) is 36.3 Å². The quantitative estimate of drug-likeness (QED) is 0.646. The van der Waals surface area contributed by atoms with E-state index in [9.17, 15) is 14.4 Å². The smallest absolute Gasteiger partial charge is 0.224 e. The number of hydrogen-bond donors (Lipinski definition) is 1. The number of carbonyl (C=O) groups is 3. The van der Waals surface area contributed by atoms with Crippen LogP contribution >= 0.6 is 0 Å². The molecule has 114 valence electrons. The van der Waals surface area contributed by atoms with Gasteiger partial charge in [0, 0.05) is 18.2 Å². The zero-order valence-electron chi connectivity index (χ0n) is 12.1. The molecule has 1 aromatic carbocycles. The second-order valence-corrected chi connectivity index (χ2v) is 4.68. The van der Waals surface area contributed by atoms with Crippen LogP contribution in [0.25, 0.3) is 0 Å². The van der Waals surface area contributed by atoms with E-state index in [0.29, 0.717) is 11.4 Å². The standard InChI is InChI=1S/C16H16N2O4/c1-11(19)18(9-12-8-14(20)4-7-16(12)21)13-2-5-15(6-3-13)22-10-17/h2-8H,9-10,17H2,1H3. The number of rotatable bonds is 5. The van der Waals surface area contributed by atoms with Crippen molar-refractivity contribution in [2.24, 2.45) is 5.73 Å². The summed E-state index contributed by atoms with van der Waals surface area (Å²) >= 11 is 0. The minimum Gasteiger partial charge on any atom is -0.479 e. The molecule has 2 N–H and O–H groups in total. The zero-order valence-corrected chi connectivity index (χ0v) is 12.1. The van der Waals surface area contributed by atoms with Gasteiger partial charge in [-0.25, -0.2) is 0 Å². The fourth-order valence-electron chi connectivity index (χ4n) is 2.05. The van der Waals surface area contributed by atoms with Crippen molar-refractivity contribution < 1.29 is 19.1 Å². The monoisotopic (exact) mass is 300 g/mol. The van der Waals surface area contributed by atoms with Gasteiger partial charge < -0.3 is 9.64 Å². The fourth-order valence-corrected chi connectivity index (χ4v) is 2.05. The Balaban J connectivity index is 2.22. The van der Waals surface area contributed by atoms with Crippen LogP contribution in [0, 0.1) is 0 Å². The molecule has 1 aromatic rings. The van der Waals surface area contributed by atoms with Crippen molar-refractivity contribution in [1.82, 2.24) is 0 Å². The minimum absolute atomic E-state index is 0.0430. The first-order valence-electron chi connectivity index (χ1n) is 6.69. The molecule has 6 nitrogen and oxygen atoms in total. The molecule has 0 radical (unpaired) electrons. The molecule has 1 amide bonds. The molecule has 0 aliphatic heterocycles. The van der Waals surface area contributed by atoms with Gasteiger partial charge in [0.05, 0.1) is 6.54 Å². The maximum absolute atomic E-state index is 11.9. The highest BCUT2D eigenvalue weighted by Gasteiger charge is 2.19. The average Bonchev–Trinajstić information content (AvgIpc) is 2.49. The Bertz CT molecular complexity index is 659. The third-order valence-electron chi connectivity index (χ3n) is 3.14. The number of ether oxygens (including phenoxy) is 1. The first kappa shape index (κ1) is 15.7. The number of nitrogens with zero attached hydrogens (tertiary/aromatic N) is 1. The van der Waals surface area contributed by atoms with E-state index in [0.717, 1.165) is 0 Å². The summed E-state index contributed by atoms with van der Waals surface area (Å²) in [5.41, 5.74) is 6.18. The maximum atomic E-state index is 11.9. The van der Waals surface area contributed by atoms with Gasteiger partial charge >= 0.3 is 0 Å². The van der Waals surface area contributed by atoms with E-state index in [4.69, 9.17) is 10.5 Å². The Morgan fingerprint density at radius 2 is 1.86 bits per heavy atom. The lowest BCUT2D eigenvalue weighted by Gasteiger charge is -2.22. The van der Waals surface area contributed by atoms with Crippen molar-refractivity contribution >= 4 is 23.2 Å². The molecular formula is C16H16N2O4. The second-order valence-electron chi connectivity index (χ2n) is 4.68. The third kappa shape index (κ3) is 3.67. The summed E-state index contributed by atoms with van der Waals surface area (Å²) in [5, 5.41) is 0. The van der Waals surface area contributed by atoms with Gasteiger partial charge in [-0.05, 0) is 42.5 Å². The van der Waals surface area contributed by atoms with E-state index in [2.05, 4.69) is 0 Å². The SMILES string of the molecule is CC(=O)N(CC1=CC(=O)C=CC1=O)c1ccc(OCN)cc1. The Kier molecular flexibility index (Phi) is 4.85. The number of benzene rings is 1. The number of carbonyl (C=O) groups excluding carboxylic acids is 3. The first-order chi connectivity index (χ1) is 10.5. The zero-order chi connectivity index (χ0) is 16.1.